The van der Waals surface area contributed by atoms with E-state index in [-0.39, 0.29) is 5.12 Å². The monoisotopic (exact) mass is 265 g/mol. The number of aliphatic imine (C=N–C) groups is 1. The molecule has 2 rings (SSSR count). The molecule has 0 N–H and O–H groups in total. The van der Waals surface area contributed by atoms with Crippen molar-refractivity contribution < 1.29 is 9.53 Å². The van der Waals surface area contributed by atoms with Crippen LogP contribution in [0.15, 0.2) is 35.0 Å². The minimum absolute atomic E-state index is 0.0137. The number of carbonyl (C=O) groups is 1. The molecule has 0 unspecified atom stereocenters. The minimum atomic E-state index is -0.0137. The van der Waals surface area contributed by atoms with Crippen molar-refractivity contribution in [2.24, 2.45) is 4.99 Å². The Labute approximate surface area is 108 Å². The second-order valence-corrected chi connectivity index (χ2v) is 5.26. The first-order chi connectivity index (χ1) is 8.24. The second kappa shape index (κ2) is 5.42. The lowest BCUT2D eigenvalue weighted by Gasteiger charge is -2.03. The average molecular weight is 265 g/mol. The van der Waals surface area contributed by atoms with Crippen LogP contribution >= 0.6 is 23.5 Å². The molecule has 5 heteroatoms. The number of methoxy groups -OCH3 is 1. The zero-order chi connectivity index (χ0) is 12.3. The van der Waals surface area contributed by atoms with Gasteiger partial charge in [-0.25, -0.2) is 4.99 Å². The van der Waals surface area contributed by atoms with Gasteiger partial charge in [-0.1, -0.05) is 18.2 Å². The molecule has 0 radical (unpaired) electrons. The van der Waals surface area contributed by atoms with Crippen molar-refractivity contribution in [3.63, 3.8) is 0 Å². The Bertz CT molecular complexity index is 509. The van der Waals surface area contributed by atoms with E-state index in [4.69, 9.17) is 4.74 Å². The molecule has 88 valence electrons. The Morgan fingerprint density at radius 1 is 1.41 bits per heavy atom. The van der Waals surface area contributed by atoms with Gasteiger partial charge in [0.25, 0.3) is 0 Å². The SMILES string of the molecule is COc1ccccc1C=C1N=C(SC)SC1=O. The Balaban J connectivity index is 2.36. The molecule has 17 heavy (non-hydrogen) atoms. The van der Waals surface area contributed by atoms with Crippen LogP contribution < -0.4 is 4.74 Å². The van der Waals surface area contributed by atoms with Crippen molar-refractivity contribution in [3.05, 3.63) is 35.5 Å². The lowest BCUT2D eigenvalue weighted by molar-refractivity contribution is -0.107. The van der Waals surface area contributed by atoms with Gasteiger partial charge in [0.05, 0.1) is 7.11 Å². The topological polar surface area (TPSA) is 38.7 Å². The van der Waals surface area contributed by atoms with Crippen LogP contribution in [0.1, 0.15) is 5.56 Å². The minimum Gasteiger partial charge on any atom is -0.496 e. The molecule has 0 aliphatic carbocycles. The molecule has 0 bridgehead atoms. The fourth-order valence-electron chi connectivity index (χ4n) is 1.41. The molecule has 0 fully saturated rings. The first-order valence-electron chi connectivity index (χ1n) is 4.94. The molecule has 0 saturated heterocycles. The molecule has 3 nitrogen and oxygen atoms in total. The van der Waals surface area contributed by atoms with Gasteiger partial charge in [-0.05, 0) is 30.2 Å². The number of para-hydroxylation sites is 1. The predicted octanol–water partition coefficient (Wildman–Crippen LogP) is 3.03. The standard InChI is InChI=1S/C12H11NO2S2/c1-15-10-6-4-3-5-8(10)7-9-11(14)17-12(13-9)16-2/h3-7H,1-2H3. The van der Waals surface area contributed by atoms with Gasteiger partial charge in [0.1, 0.15) is 15.8 Å². The molecule has 0 spiro atoms. The van der Waals surface area contributed by atoms with Gasteiger partial charge in [-0.3, -0.25) is 4.79 Å². The molecule has 0 amide bonds. The number of nitrogens with zero attached hydrogens (tertiary/aromatic N) is 1. The predicted molar refractivity (Wildman–Crippen MR) is 74.5 cm³/mol. The van der Waals surface area contributed by atoms with Gasteiger partial charge < -0.3 is 4.74 Å². The van der Waals surface area contributed by atoms with Gasteiger partial charge in [-0.15, -0.1) is 11.8 Å². The summed E-state index contributed by atoms with van der Waals surface area (Å²) in [7, 11) is 1.61. The van der Waals surface area contributed by atoms with Crippen molar-refractivity contribution in [2.75, 3.05) is 13.4 Å². The highest BCUT2D eigenvalue weighted by Crippen LogP contribution is 2.31. The van der Waals surface area contributed by atoms with Crippen molar-refractivity contribution >= 4 is 39.1 Å². The summed E-state index contributed by atoms with van der Waals surface area (Å²) in [5.41, 5.74) is 1.34. The number of hydrogen-bond donors (Lipinski definition) is 0. The Morgan fingerprint density at radius 3 is 2.82 bits per heavy atom. The van der Waals surface area contributed by atoms with E-state index in [0.717, 1.165) is 15.7 Å². The molecule has 1 aromatic rings. The number of hydrogen-bond acceptors (Lipinski definition) is 5. The fraction of sp³-hybridized carbons (Fsp3) is 0.167. The van der Waals surface area contributed by atoms with E-state index in [1.165, 1.54) is 23.5 Å². The van der Waals surface area contributed by atoms with Gasteiger partial charge in [0, 0.05) is 5.56 Å². The zero-order valence-corrected chi connectivity index (χ0v) is 11.1. The molecule has 0 atom stereocenters. The van der Waals surface area contributed by atoms with Crippen molar-refractivity contribution in [2.45, 2.75) is 0 Å². The quantitative estimate of drug-likeness (QED) is 0.770. The fourth-order valence-corrected chi connectivity index (χ4v) is 2.67. The Morgan fingerprint density at radius 2 is 2.18 bits per heavy atom. The summed E-state index contributed by atoms with van der Waals surface area (Å²) in [6, 6.07) is 7.55. The van der Waals surface area contributed by atoms with Gasteiger partial charge in [-0.2, -0.15) is 0 Å². The van der Waals surface area contributed by atoms with Crippen LogP contribution in [0.4, 0.5) is 0 Å². The van der Waals surface area contributed by atoms with E-state index in [1.807, 2.05) is 30.5 Å². The maximum Gasteiger partial charge on any atom is 0.244 e. The summed E-state index contributed by atoms with van der Waals surface area (Å²) in [5, 5.41) is -0.0137. The summed E-state index contributed by atoms with van der Waals surface area (Å²) < 4.78 is 6.02. The third-order valence-corrected chi connectivity index (χ3v) is 4.06. The highest BCUT2D eigenvalue weighted by atomic mass is 32.2. The number of carbonyl (C=O) groups excluding carboxylic acids is 1. The summed E-state index contributed by atoms with van der Waals surface area (Å²) >= 11 is 2.65. The molecular weight excluding hydrogens is 254 g/mol. The summed E-state index contributed by atoms with van der Waals surface area (Å²) in [4.78, 5) is 15.9. The van der Waals surface area contributed by atoms with Crippen LogP contribution in [0.25, 0.3) is 6.08 Å². The largest absolute Gasteiger partial charge is 0.496 e. The zero-order valence-electron chi connectivity index (χ0n) is 9.47. The lowest BCUT2D eigenvalue weighted by Crippen LogP contribution is -1.90. The maximum absolute atomic E-state index is 11.7. The summed E-state index contributed by atoms with van der Waals surface area (Å²) in [5.74, 6) is 0.741. The summed E-state index contributed by atoms with van der Waals surface area (Å²) in [6.07, 6.45) is 3.67. The number of rotatable bonds is 2. The average Bonchev–Trinajstić information content (AvgIpc) is 2.71. The van der Waals surface area contributed by atoms with Crippen LogP contribution in [-0.2, 0) is 4.79 Å². The van der Waals surface area contributed by atoms with Crippen molar-refractivity contribution in [3.8, 4) is 5.75 Å². The molecule has 0 saturated carbocycles. The molecule has 1 aliphatic heterocycles. The van der Waals surface area contributed by atoms with Gasteiger partial charge >= 0.3 is 0 Å². The maximum atomic E-state index is 11.7. The van der Waals surface area contributed by atoms with Crippen molar-refractivity contribution in [1.82, 2.24) is 0 Å². The van der Waals surface area contributed by atoms with E-state index < -0.39 is 0 Å². The Hall–Kier alpha value is -1.20. The Kier molecular flexibility index (Phi) is 3.91. The van der Waals surface area contributed by atoms with Gasteiger partial charge in [0.15, 0.2) is 0 Å². The number of benzene rings is 1. The third kappa shape index (κ3) is 2.73. The number of thioether (sulfide) groups is 2. The molecule has 1 heterocycles. The highest BCUT2D eigenvalue weighted by Gasteiger charge is 2.21. The van der Waals surface area contributed by atoms with Crippen LogP contribution in [-0.4, -0.2) is 22.9 Å². The normalized spacial score (nSPS) is 17.4. The van der Waals surface area contributed by atoms with E-state index in [1.54, 1.807) is 13.2 Å². The molecule has 0 aromatic heterocycles. The second-order valence-electron chi connectivity index (χ2n) is 3.24. The van der Waals surface area contributed by atoms with E-state index in [0.29, 0.717) is 5.70 Å². The van der Waals surface area contributed by atoms with E-state index >= 15 is 0 Å². The number of ether oxygens (including phenoxy) is 1. The molecule has 1 aliphatic rings. The first-order valence-corrected chi connectivity index (χ1v) is 6.98. The lowest BCUT2D eigenvalue weighted by atomic mass is 10.2. The molecular formula is C12H11NO2S2. The van der Waals surface area contributed by atoms with Crippen LogP contribution in [0.5, 0.6) is 5.75 Å². The first kappa shape index (κ1) is 12.3. The highest BCUT2D eigenvalue weighted by molar-refractivity contribution is 8.45. The smallest absolute Gasteiger partial charge is 0.244 e. The van der Waals surface area contributed by atoms with Crippen molar-refractivity contribution in [1.29, 1.82) is 0 Å². The van der Waals surface area contributed by atoms with Crippen LogP contribution in [0.3, 0.4) is 0 Å². The third-order valence-electron chi connectivity index (χ3n) is 2.21. The summed E-state index contributed by atoms with van der Waals surface area (Å²) in [6.45, 7) is 0. The van der Waals surface area contributed by atoms with E-state index in [2.05, 4.69) is 4.99 Å². The van der Waals surface area contributed by atoms with Crippen LogP contribution in [0.2, 0.25) is 0 Å². The van der Waals surface area contributed by atoms with E-state index in [9.17, 15) is 4.79 Å². The van der Waals surface area contributed by atoms with Crippen LogP contribution in [0, 0.1) is 0 Å². The van der Waals surface area contributed by atoms with Gasteiger partial charge in [0.2, 0.25) is 5.12 Å². The molecule has 1 aromatic carbocycles.